The van der Waals surface area contributed by atoms with Crippen molar-refractivity contribution in [3.05, 3.63) is 36.7 Å². The predicted molar refractivity (Wildman–Crippen MR) is 50.5 cm³/mol. The molecule has 0 radical (unpaired) electrons. The molecule has 0 saturated heterocycles. The largest absolute Gasteiger partial charge is 0.335 e. The second-order valence-corrected chi connectivity index (χ2v) is 2.97. The van der Waals surface area contributed by atoms with E-state index < -0.39 is 0 Å². The SMILES string of the molecule is Cc1nccn1CCc1ncncn1. The van der Waals surface area contributed by atoms with Gasteiger partial charge in [0.05, 0.1) is 0 Å². The summed E-state index contributed by atoms with van der Waals surface area (Å²) in [6.45, 7) is 2.84. The van der Waals surface area contributed by atoms with Crippen LogP contribution in [0.15, 0.2) is 25.0 Å². The maximum Gasteiger partial charge on any atom is 0.133 e. The van der Waals surface area contributed by atoms with E-state index in [4.69, 9.17) is 0 Å². The highest BCUT2D eigenvalue weighted by Gasteiger charge is 1.98. The molecule has 0 spiro atoms. The van der Waals surface area contributed by atoms with E-state index in [0.717, 1.165) is 24.6 Å². The van der Waals surface area contributed by atoms with E-state index in [1.54, 1.807) is 6.20 Å². The Balaban J connectivity index is 1.99. The molecule has 0 bridgehead atoms. The lowest BCUT2D eigenvalue weighted by atomic mass is 10.4. The zero-order chi connectivity index (χ0) is 9.80. The Kier molecular flexibility index (Phi) is 2.48. The van der Waals surface area contributed by atoms with Crippen LogP contribution >= 0.6 is 0 Å². The van der Waals surface area contributed by atoms with Crippen molar-refractivity contribution in [3.63, 3.8) is 0 Å². The minimum Gasteiger partial charge on any atom is -0.335 e. The van der Waals surface area contributed by atoms with Crippen LogP contribution in [0.25, 0.3) is 0 Å². The van der Waals surface area contributed by atoms with Gasteiger partial charge in [-0.25, -0.2) is 19.9 Å². The van der Waals surface area contributed by atoms with Gasteiger partial charge in [0.25, 0.3) is 0 Å². The smallest absolute Gasteiger partial charge is 0.133 e. The normalized spacial score (nSPS) is 10.4. The second kappa shape index (κ2) is 3.95. The molecule has 0 aliphatic heterocycles. The summed E-state index contributed by atoms with van der Waals surface area (Å²) in [7, 11) is 0. The van der Waals surface area contributed by atoms with E-state index in [0.29, 0.717) is 0 Å². The highest BCUT2D eigenvalue weighted by Crippen LogP contribution is 1.97. The molecule has 2 rings (SSSR count). The van der Waals surface area contributed by atoms with Crippen LogP contribution in [0.1, 0.15) is 11.6 Å². The Labute approximate surface area is 81.9 Å². The summed E-state index contributed by atoms with van der Waals surface area (Å²) >= 11 is 0. The summed E-state index contributed by atoms with van der Waals surface area (Å²) in [5.41, 5.74) is 0. The molecule has 2 heterocycles. The summed E-state index contributed by atoms with van der Waals surface area (Å²) in [4.78, 5) is 16.0. The van der Waals surface area contributed by atoms with Gasteiger partial charge in [-0.05, 0) is 6.92 Å². The molecular formula is C9H11N5. The number of aromatic nitrogens is 5. The first-order chi connectivity index (χ1) is 6.86. The number of rotatable bonds is 3. The van der Waals surface area contributed by atoms with E-state index in [1.165, 1.54) is 12.7 Å². The minimum atomic E-state index is 0.805. The first-order valence-corrected chi connectivity index (χ1v) is 4.45. The maximum atomic E-state index is 4.14. The van der Waals surface area contributed by atoms with Gasteiger partial charge in [0.15, 0.2) is 0 Å². The van der Waals surface area contributed by atoms with Gasteiger partial charge in [0.1, 0.15) is 24.3 Å². The van der Waals surface area contributed by atoms with Crippen LogP contribution in [0.5, 0.6) is 0 Å². The minimum absolute atomic E-state index is 0.805. The third-order valence-electron chi connectivity index (χ3n) is 2.05. The van der Waals surface area contributed by atoms with Gasteiger partial charge in [-0.2, -0.15) is 0 Å². The van der Waals surface area contributed by atoms with Gasteiger partial charge in [-0.15, -0.1) is 0 Å². The lowest BCUT2D eigenvalue weighted by Gasteiger charge is -2.02. The molecule has 0 atom stereocenters. The van der Waals surface area contributed by atoms with Crippen molar-refractivity contribution in [3.8, 4) is 0 Å². The highest BCUT2D eigenvalue weighted by molar-refractivity contribution is 4.90. The number of nitrogens with zero attached hydrogens (tertiary/aromatic N) is 5. The predicted octanol–water partition coefficient (Wildman–Crippen LogP) is 0.619. The summed E-state index contributed by atoms with van der Waals surface area (Å²) in [6.07, 6.45) is 7.59. The van der Waals surface area contributed by atoms with Crippen molar-refractivity contribution in [1.82, 2.24) is 24.5 Å². The van der Waals surface area contributed by atoms with Gasteiger partial charge < -0.3 is 4.57 Å². The molecule has 5 nitrogen and oxygen atoms in total. The van der Waals surface area contributed by atoms with E-state index in [2.05, 4.69) is 24.5 Å². The van der Waals surface area contributed by atoms with Crippen molar-refractivity contribution in [2.45, 2.75) is 19.9 Å². The average molecular weight is 189 g/mol. The van der Waals surface area contributed by atoms with Gasteiger partial charge in [-0.1, -0.05) is 0 Å². The quantitative estimate of drug-likeness (QED) is 0.710. The van der Waals surface area contributed by atoms with E-state index >= 15 is 0 Å². The van der Waals surface area contributed by atoms with Crippen LogP contribution in [-0.4, -0.2) is 24.5 Å². The molecule has 2 aromatic heterocycles. The topological polar surface area (TPSA) is 56.5 Å². The first kappa shape index (κ1) is 8.80. The third-order valence-corrected chi connectivity index (χ3v) is 2.05. The van der Waals surface area contributed by atoms with E-state index in [9.17, 15) is 0 Å². The Morgan fingerprint density at radius 3 is 2.64 bits per heavy atom. The zero-order valence-corrected chi connectivity index (χ0v) is 7.96. The Morgan fingerprint density at radius 1 is 1.21 bits per heavy atom. The fourth-order valence-corrected chi connectivity index (χ4v) is 1.25. The lowest BCUT2D eigenvalue weighted by molar-refractivity contribution is 0.649. The van der Waals surface area contributed by atoms with Crippen LogP contribution in [-0.2, 0) is 13.0 Å². The Hall–Kier alpha value is -1.78. The monoisotopic (exact) mass is 189 g/mol. The van der Waals surface area contributed by atoms with Gasteiger partial charge >= 0.3 is 0 Å². The van der Waals surface area contributed by atoms with Crippen molar-refractivity contribution < 1.29 is 0 Å². The Morgan fingerprint density at radius 2 is 2.00 bits per heavy atom. The molecule has 0 unspecified atom stereocenters. The first-order valence-electron chi connectivity index (χ1n) is 4.45. The summed E-state index contributed by atoms with van der Waals surface area (Å²) < 4.78 is 2.07. The lowest BCUT2D eigenvalue weighted by Crippen LogP contribution is -2.05. The van der Waals surface area contributed by atoms with Crippen LogP contribution in [0.3, 0.4) is 0 Å². The maximum absolute atomic E-state index is 4.14. The van der Waals surface area contributed by atoms with Crippen molar-refractivity contribution in [2.75, 3.05) is 0 Å². The van der Waals surface area contributed by atoms with Crippen LogP contribution in [0.4, 0.5) is 0 Å². The number of imidazole rings is 1. The number of hydrogen-bond acceptors (Lipinski definition) is 4. The van der Waals surface area contributed by atoms with Gasteiger partial charge in [0.2, 0.25) is 0 Å². The number of hydrogen-bond donors (Lipinski definition) is 0. The van der Waals surface area contributed by atoms with Crippen molar-refractivity contribution in [2.24, 2.45) is 0 Å². The second-order valence-electron chi connectivity index (χ2n) is 2.97. The molecule has 2 aromatic rings. The fraction of sp³-hybridized carbons (Fsp3) is 0.333. The molecule has 0 aliphatic rings. The highest BCUT2D eigenvalue weighted by atomic mass is 15.1. The average Bonchev–Trinajstić information content (AvgIpc) is 2.63. The molecule has 0 amide bonds. The van der Waals surface area contributed by atoms with E-state index in [1.807, 2.05) is 13.1 Å². The van der Waals surface area contributed by atoms with Gasteiger partial charge in [-0.3, -0.25) is 0 Å². The molecule has 0 fully saturated rings. The summed E-state index contributed by atoms with van der Waals surface area (Å²) in [6, 6.07) is 0. The fourth-order valence-electron chi connectivity index (χ4n) is 1.25. The molecule has 0 saturated carbocycles. The molecular weight excluding hydrogens is 178 g/mol. The van der Waals surface area contributed by atoms with Crippen molar-refractivity contribution in [1.29, 1.82) is 0 Å². The van der Waals surface area contributed by atoms with Crippen LogP contribution in [0.2, 0.25) is 0 Å². The Bertz CT molecular complexity index is 395. The molecule has 0 aromatic carbocycles. The molecule has 5 heteroatoms. The van der Waals surface area contributed by atoms with Gasteiger partial charge in [0, 0.05) is 25.4 Å². The molecule has 0 aliphatic carbocycles. The molecule has 72 valence electrons. The zero-order valence-electron chi connectivity index (χ0n) is 7.96. The summed E-state index contributed by atoms with van der Waals surface area (Å²) in [5.74, 6) is 1.83. The van der Waals surface area contributed by atoms with Crippen molar-refractivity contribution >= 4 is 0 Å². The molecule has 14 heavy (non-hydrogen) atoms. The third kappa shape index (κ3) is 1.93. The van der Waals surface area contributed by atoms with Crippen LogP contribution < -0.4 is 0 Å². The summed E-state index contributed by atoms with van der Waals surface area (Å²) in [5, 5.41) is 0. The van der Waals surface area contributed by atoms with E-state index in [-0.39, 0.29) is 0 Å². The molecule has 0 N–H and O–H groups in total. The number of aryl methyl sites for hydroxylation is 3. The standard InChI is InChI=1S/C9H11N5/c1-8-11-3-5-14(8)4-2-9-12-6-10-7-13-9/h3,5-7H,2,4H2,1H3. The van der Waals surface area contributed by atoms with Crippen LogP contribution in [0, 0.1) is 6.92 Å².